The Balaban J connectivity index is 1.38. The van der Waals surface area contributed by atoms with Gasteiger partial charge < -0.3 is 15.0 Å². The average Bonchev–Trinajstić information content (AvgIpc) is 2.81. The molecule has 0 saturated carbocycles. The predicted octanol–water partition coefficient (Wildman–Crippen LogP) is 4.72. The van der Waals surface area contributed by atoms with Crippen molar-refractivity contribution in [3.8, 4) is 5.88 Å². The van der Waals surface area contributed by atoms with Crippen molar-refractivity contribution in [1.82, 2.24) is 9.88 Å². The molecule has 5 heteroatoms. The van der Waals surface area contributed by atoms with Crippen LogP contribution >= 0.6 is 0 Å². The van der Waals surface area contributed by atoms with E-state index in [9.17, 15) is 4.79 Å². The molecule has 1 saturated heterocycles. The summed E-state index contributed by atoms with van der Waals surface area (Å²) in [6.07, 6.45) is 4.26. The van der Waals surface area contributed by atoms with Crippen LogP contribution in [-0.2, 0) is 4.79 Å². The van der Waals surface area contributed by atoms with Crippen molar-refractivity contribution in [1.29, 1.82) is 0 Å². The molecule has 31 heavy (non-hydrogen) atoms. The molecule has 160 valence electrons. The second-order valence-corrected chi connectivity index (χ2v) is 8.13. The first-order chi connectivity index (χ1) is 15.2. The van der Waals surface area contributed by atoms with Gasteiger partial charge >= 0.3 is 0 Å². The monoisotopic (exact) mass is 415 g/mol. The lowest BCUT2D eigenvalue weighted by Crippen LogP contribution is -2.35. The molecule has 1 aromatic heterocycles. The van der Waals surface area contributed by atoms with Crippen LogP contribution < -0.4 is 10.1 Å². The first-order valence-electron chi connectivity index (χ1n) is 10.9. The van der Waals surface area contributed by atoms with Gasteiger partial charge in [-0.2, -0.15) is 0 Å². The summed E-state index contributed by atoms with van der Waals surface area (Å²) in [5, 5.41) is 2.98. The molecule has 1 aliphatic rings. The van der Waals surface area contributed by atoms with Gasteiger partial charge in [0.2, 0.25) is 11.8 Å². The maximum absolute atomic E-state index is 12.8. The van der Waals surface area contributed by atoms with Gasteiger partial charge in [0.15, 0.2) is 0 Å². The zero-order valence-electron chi connectivity index (χ0n) is 17.9. The van der Waals surface area contributed by atoms with Crippen LogP contribution in [0.2, 0.25) is 0 Å². The largest absolute Gasteiger partial charge is 0.474 e. The topological polar surface area (TPSA) is 54.5 Å². The van der Waals surface area contributed by atoms with Gasteiger partial charge in [0.25, 0.3) is 0 Å². The summed E-state index contributed by atoms with van der Waals surface area (Å²) in [6, 6.07) is 24.0. The lowest BCUT2D eigenvalue weighted by molar-refractivity contribution is -0.116. The summed E-state index contributed by atoms with van der Waals surface area (Å²) in [6.45, 7) is 2.09. The minimum absolute atomic E-state index is 0.00222. The third kappa shape index (κ3) is 5.92. The Morgan fingerprint density at radius 3 is 2.16 bits per heavy atom. The molecule has 0 spiro atoms. The van der Waals surface area contributed by atoms with Crippen LogP contribution in [0.15, 0.2) is 79.0 Å². The fourth-order valence-electron chi connectivity index (χ4n) is 3.99. The van der Waals surface area contributed by atoms with Gasteiger partial charge in [-0.15, -0.1) is 0 Å². The van der Waals surface area contributed by atoms with Gasteiger partial charge in [-0.3, -0.25) is 4.79 Å². The molecule has 0 bridgehead atoms. The Bertz CT molecular complexity index is 913. The highest BCUT2D eigenvalue weighted by atomic mass is 16.5. The lowest BCUT2D eigenvalue weighted by Gasteiger charge is -2.28. The molecule has 4 rings (SSSR count). The molecule has 1 fully saturated rings. The smallest absolute Gasteiger partial charge is 0.225 e. The number of rotatable bonds is 7. The molecule has 5 nitrogen and oxygen atoms in total. The molecule has 1 amide bonds. The maximum Gasteiger partial charge on any atom is 0.225 e. The van der Waals surface area contributed by atoms with Crippen LogP contribution in [0.1, 0.15) is 36.3 Å². The van der Waals surface area contributed by atoms with Crippen molar-refractivity contribution in [2.45, 2.75) is 31.3 Å². The number of likely N-dealkylation sites (tertiary alicyclic amines) is 1. The highest BCUT2D eigenvalue weighted by molar-refractivity contribution is 5.91. The molecule has 2 heterocycles. The Labute approximate surface area is 184 Å². The first kappa shape index (κ1) is 21.1. The van der Waals surface area contributed by atoms with E-state index in [1.807, 2.05) is 48.5 Å². The van der Waals surface area contributed by atoms with Crippen molar-refractivity contribution < 1.29 is 9.53 Å². The fraction of sp³-hybridized carbons (Fsp3) is 0.308. The van der Waals surface area contributed by atoms with E-state index in [1.165, 1.54) is 0 Å². The number of aromatic nitrogens is 1. The minimum atomic E-state index is -0.0384. The van der Waals surface area contributed by atoms with Crippen LogP contribution in [-0.4, -0.2) is 42.0 Å². The van der Waals surface area contributed by atoms with E-state index in [2.05, 4.69) is 46.5 Å². The van der Waals surface area contributed by atoms with Gasteiger partial charge in [-0.25, -0.2) is 4.98 Å². The standard InChI is InChI=1S/C26H29N3O2/c1-29-16-14-23(15-17-29)31-26-13-12-22(19-27-26)28-25(30)18-24(20-8-4-2-5-9-20)21-10-6-3-7-11-21/h2-13,19,23-24H,14-18H2,1H3,(H,28,30). The van der Waals surface area contributed by atoms with Gasteiger partial charge in [-0.1, -0.05) is 60.7 Å². The van der Waals surface area contributed by atoms with Gasteiger partial charge in [0, 0.05) is 31.5 Å². The Morgan fingerprint density at radius 1 is 1.00 bits per heavy atom. The average molecular weight is 416 g/mol. The van der Waals surface area contributed by atoms with Crippen molar-refractivity contribution in [2.24, 2.45) is 0 Å². The van der Waals surface area contributed by atoms with E-state index in [0.717, 1.165) is 37.1 Å². The zero-order chi connectivity index (χ0) is 21.5. The highest BCUT2D eigenvalue weighted by Crippen LogP contribution is 2.28. The number of carbonyl (C=O) groups is 1. The number of hydrogen-bond acceptors (Lipinski definition) is 4. The van der Waals surface area contributed by atoms with Crippen LogP contribution in [0.5, 0.6) is 5.88 Å². The predicted molar refractivity (Wildman–Crippen MR) is 123 cm³/mol. The number of carbonyl (C=O) groups excluding carboxylic acids is 1. The van der Waals surface area contributed by atoms with Crippen molar-refractivity contribution in [2.75, 3.05) is 25.5 Å². The molecule has 1 aliphatic heterocycles. The van der Waals surface area contributed by atoms with Gasteiger partial charge in [0.05, 0.1) is 11.9 Å². The van der Waals surface area contributed by atoms with Gasteiger partial charge in [0.1, 0.15) is 6.10 Å². The van der Waals surface area contributed by atoms with Crippen LogP contribution in [0.3, 0.4) is 0 Å². The van der Waals surface area contributed by atoms with E-state index in [1.54, 1.807) is 6.20 Å². The van der Waals surface area contributed by atoms with E-state index in [4.69, 9.17) is 4.74 Å². The normalized spacial score (nSPS) is 15.0. The molecule has 3 aromatic rings. The van der Waals surface area contributed by atoms with Crippen molar-refractivity contribution in [3.05, 3.63) is 90.1 Å². The Kier molecular flexibility index (Phi) is 6.95. The maximum atomic E-state index is 12.8. The lowest BCUT2D eigenvalue weighted by atomic mass is 9.88. The number of benzene rings is 2. The van der Waals surface area contributed by atoms with Crippen molar-refractivity contribution >= 4 is 11.6 Å². The van der Waals surface area contributed by atoms with Crippen LogP contribution in [0.25, 0.3) is 0 Å². The number of pyridine rings is 1. The van der Waals surface area contributed by atoms with Gasteiger partial charge in [-0.05, 0) is 37.1 Å². The third-order valence-corrected chi connectivity index (χ3v) is 5.77. The summed E-state index contributed by atoms with van der Waals surface area (Å²) >= 11 is 0. The zero-order valence-corrected chi connectivity index (χ0v) is 17.9. The Morgan fingerprint density at radius 2 is 1.61 bits per heavy atom. The summed E-state index contributed by atoms with van der Waals surface area (Å²) < 4.78 is 5.99. The quantitative estimate of drug-likeness (QED) is 0.607. The second-order valence-electron chi connectivity index (χ2n) is 8.13. The van der Waals surface area contributed by atoms with E-state index in [0.29, 0.717) is 18.0 Å². The number of anilines is 1. The summed E-state index contributed by atoms with van der Waals surface area (Å²) in [7, 11) is 2.13. The number of hydrogen-bond donors (Lipinski definition) is 1. The molecule has 0 radical (unpaired) electrons. The van der Waals surface area contributed by atoms with E-state index in [-0.39, 0.29) is 17.9 Å². The van der Waals surface area contributed by atoms with Crippen LogP contribution in [0, 0.1) is 0 Å². The molecule has 0 aliphatic carbocycles. The summed E-state index contributed by atoms with van der Waals surface area (Å²) in [5.41, 5.74) is 2.94. The second kappa shape index (κ2) is 10.2. The number of nitrogens with zero attached hydrogens (tertiary/aromatic N) is 2. The van der Waals surface area contributed by atoms with E-state index < -0.39 is 0 Å². The first-order valence-corrected chi connectivity index (χ1v) is 10.9. The molecule has 1 N–H and O–H groups in total. The Hall–Kier alpha value is -3.18. The summed E-state index contributed by atoms with van der Waals surface area (Å²) in [4.78, 5) is 19.5. The van der Waals surface area contributed by atoms with Crippen LogP contribution in [0.4, 0.5) is 5.69 Å². The molecular weight excluding hydrogens is 386 g/mol. The highest BCUT2D eigenvalue weighted by Gasteiger charge is 2.20. The minimum Gasteiger partial charge on any atom is -0.474 e. The number of amides is 1. The summed E-state index contributed by atoms with van der Waals surface area (Å²) in [5.74, 6) is 0.574. The fourth-order valence-corrected chi connectivity index (χ4v) is 3.99. The third-order valence-electron chi connectivity index (χ3n) is 5.77. The van der Waals surface area contributed by atoms with E-state index >= 15 is 0 Å². The molecular formula is C26H29N3O2. The number of nitrogens with one attached hydrogen (secondary N) is 1. The number of piperidine rings is 1. The number of ether oxygens (including phenoxy) is 1. The molecule has 0 unspecified atom stereocenters. The van der Waals surface area contributed by atoms with Crippen molar-refractivity contribution in [3.63, 3.8) is 0 Å². The molecule has 2 aromatic carbocycles. The SMILES string of the molecule is CN1CCC(Oc2ccc(NC(=O)CC(c3ccccc3)c3ccccc3)cn2)CC1. The molecule has 0 atom stereocenters.